The van der Waals surface area contributed by atoms with Crippen LogP contribution in [0.25, 0.3) is 11.1 Å². The van der Waals surface area contributed by atoms with E-state index in [0.717, 1.165) is 53.9 Å². The van der Waals surface area contributed by atoms with Gasteiger partial charge >= 0.3 is 0 Å². The largest absolute Gasteiger partial charge is 0.489 e. The zero-order chi connectivity index (χ0) is 23.0. The second-order valence-electron chi connectivity index (χ2n) is 8.19. The van der Waals surface area contributed by atoms with E-state index in [4.69, 9.17) is 10.5 Å². The normalized spacial score (nSPS) is 17.7. The minimum Gasteiger partial charge on any atom is -0.489 e. The van der Waals surface area contributed by atoms with Gasteiger partial charge < -0.3 is 21.1 Å². The van der Waals surface area contributed by atoms with Crippen molar-refractivity contribution in [2.24, 2.45) is 0 Å². The molecule has 0 atom stereocenters. The van der Waals surface area contributed by atoms with Crippen molar-refractivity contribution in [1.29, 1.82) is 0 Å². The number of hydrogen-bond acceptors (Lipinski definition) is 6. The van der Waals surface area contributed by atoms with E-state index in [0.29, 0.717) is 12.4 Å². The predicted octanol–water partition coefficient (Wildman–Crippen LogP) is 4.33. The molecule has 1 aliphatic rings. The van der Waals surface area contributed by atoms with Crippen LogP contribution in [0.4, 0.5) is 11.6 Å². The van der Waals surface area contributed by atoms with Gasteiger partial charge in [0.25, 0.3) is 0 Å². The molecule has 0 unspecified atom stereocenters. The van der Waals surface area contributed by atoms with Crippen LogP contribution in [0.1, 0.15) is 31.2 Å². The first kappa shape index (κ1) is 22.3. The van der Waals surface area contributed by atoms with Crippen LogP contribution in [0.15, 0.2) is 73.6 Å². The molecule has 1 fully saturated rings. The van der Waals surface area contributed by atoms with Crippen molar-refractivity contribution >= 4 is 17.5 Å². The second kappa shape index (κ2) is 10.6. The Morgan fingerprint density at radius 2 is 1.73 bits per heavy atom. The third kappa shape index (κ3) is 5.88. The average Bonchev–Trinajstić information content (AvgIpc) is 2.85. The van der Waals surface area contributed by atoms with E-state index in [-0.39, 0.29) is 18.0 Å². The Balaban J connectivity index is 1.41. The zero-order valence-corrected chi connectivity index (χ0v) is 18.5. The Morgan fingerprint density at radius 3 is 2.42 bits per heavy atom. The predicted molar refractivity (Wildman–Crippen MR) is 131 cm³/mol. The molecular weight excluding hydrogens is 414 g/mol. The lowest BCUT2D eigenvalue weighted by Crippen LogP contribution is -2.39. The third-order valence-corrected chi connectivity index (χ3v) is 5.87. The molecule has 0 spiro atoms. The molecule has 1 aliphatic carbocycles. The van der Waals surface area contributed by atoms with Crippen LogP contribution in [0.2, 0.25) is 0 Å². The quantitative estimate of drug-likeness (QED) is 0.448. The molecule has 7 heteroatoms. The number of rotatable bonds is 8. The molecule has 1 heterocycles. The summed E-state index contributed by atoms with van der Waals surface area (Å²) in [4.78, 5) is 20.2. The van der Waals surface area contributed by atoms with Gasteiger partial charge in [0, 0.05) is 12.1 Å². The Hall–Kier alpha value is -3.87. The fourth-order valence-electron chi connectivity index (χ4n) is 4.09. The molecule has 0 aliphatic heterocycles. The Kier molecular flexibility index (Phi) is 7.19. The zero-order valence-electron chi connectivity index (χ0n) is 18.5. The molecule has 1 aromatic heterocycles. The van der Waals surface area contributed by atoms with E-state index in [1.54, 1.807) is 0 Å². The number of amides is 1. The minimum absolute atomic E-state index is 0.117. The van der Waals surface area contributed by atoms with Gasteiger partial charge in [0.2, 0.25) is 5.91 Å². The van der Waals surface area contributed by atoms with Crippen molar-refractivity contribution in [2.45, 2.75) is 44.4 Å². The van der Waals surface area contributed by atoms with Crippen LogP contribution in [-0.2, 0) is 11.4 Å². The van der Waals surface area contributed by atoms with E-state index >= 15 is 0 Å². The third-order valence-electron chi connectivity index (χ3n) is 5.87. The van der Waals surface area contributed by atoms with Crippen LogP contribution >= 0.6 is 0 Å². The summed E-state index contributed by atoms with van der Waals surface area (Å²) in [6.07, 6.45) is 6.46. The summed E-state index contributed by atoms with van der Waals surface area (Å²) in [5, 5.41) is 6.53. The van der Waals surface area contributed by atoms with Gasteiger partial charge in [0.1, 0.15) is 30.3 Å². The monoisotopic (exact) mass is 443 g/mol. The van der Waals surface area contributed by atoms with Crippen molar-refractivity contribution in [3.8, 4) is 16.9 Å². The van der Waals surface area contributed by atoms with Gasteiger partial charge in [-0.2, -0.15) is 0 Å². The summed E-state index contributed by atoms with van der Waals surface area (Å²) in [6.45, 7) is 4.03. The van der Waals surface area contributed by atoms with E-state index < -0.39 is 0 Å². The highest BCUT2D eigenvalue weighted by atomic mass is 16.5. The maximum atomic E-state index is 11.5. The molecule has 2 aromatic carbocycles. The van der Waals surface area contributed by atoms with Crippen molar-refractivity contribution in [3.63, 3.8) is 0 Å². The molecule has 0 bridgehead atoms. The molecule has 1 amide bonds. The summed E-state index contributed by atoms with van der Waals surface area (Å²) < 4.78 is 5.90. The SMILES string of the molecule is C=CC(=O)N[C@H]1CC[C@@H](Nc2ncnc(N)c2-c2ccc(OCc3ccccc3)cc2)CC1. The summed E-state index contributed by atoms with van der Waals surface area (Å²) in [6, 6.07) is 18.3. The van der Waals surface area contributed by atoms with Crippen molar-refractivity contribution in [3.05, 3.63) is 79.1 Å². The van der Waals surface area contributed by atoms with Crippen molar-refractivity contribution in [2.75, 3.05) is 11.1 Å². The van der Waals surface area contributed by atoms with Crippen LogP contribution in [-0.4, -0.2) is 28.0 Å². The number of aromatic nitrogens is 2. The standard InChI is InChI=1S/C26H29N5O2/c1-2-23(32)30-20-10-12-21(13-11-20)31-26-24(25(27)28-17-29-26)19-8-14-22(15-9-19)33-16-18-6-4-3-5-7-18/h2-9,14-15,17,20-21H,1,10-13,16H2,(H,30,32)(H3,27,28,29,31)/t20-,21+. The van der Waals surface area contributed by atoms with Crippen molar-refractivity contribution in [1.82, 2.24) is 15.3 Å². The van der Waals surface area contributed by atoms with Crippen LogP contribution in [0.5, 0.6) is 5.75 Å². The van der Waals surface area contributed by atoms with E-state index in [1.165, 1.54) is 12.4 Å². The number of ether oxygens (including phenoxy) is 1. The van der Waals surface area contributed by atoms with Crippen LogP contribution in [0, 0.1) is 0 Å². The summed E-state index contributed by atoms with van der Waals surface area (Å²) in [5.74, 6) is 1.82. The topological polar surface area (TPSA) is 102 Å². The Labute approximate surface area is 194 Å². The number of nitrogens with two attached hydrogens (primary N) is 1. The number of nitrogens with one attached hydrogen (secondary N) is 2. The van der Waals surface area contributed by atoms with Gasteiger partial charge in [-0.1, -0.05) is 49.0 Å². The molecule has 3 aromatic rings. The maximum Gasteiger partial charge on any atom is 0.243 e. The number of benzene rings is 2. The lowest BCUT2D eigenvalue weighted by Gasteiger charge is -2.30. The highest BCUT2D eigenvalue weighted by Gasteiger charge is 2.23. The first-order valence-corrected chi connectivity index (χ1v) is 11.2. The highest BCUT2D eigenvalue weighted by Crippen LogP contribution is 2.33. The molecule has 1 saturated carbocycles. The fourth-order valence-corrected chi connectivity index (χ4v) is 4.09. The van der Waals surface area contributed by atoms with Gasteiger partial charge in [-0.3, -0.25) is 4.79 Å². The average molecular weight is 444 g/mol. The Morgan fingerprint density at radius 1 is 1.03 bits per heavy atom. The minimum atomic E-state index is -0.117. The molecule has 7 nitrogen and oxygen atoms in total. The van der Waals surface area contributed by atoms with E-state index in [1.807, 2.05) is 54.6 Å². The summed E-state index contributed by atoms with van der Waals surface area (Å²) in [5.41, 5.74) is 9.07. The smallest absolute Gasteiger partial charge is 0.243 e. The Bertz CT molecular complexity index is 1080. The lowest BCUT2D eigenvalue weighted by molar-refractivity contribution is -0.117. The van der Waals surface area contributed by atoms with Gasteiger partial charge in [-0.05, 0) is 55.0 Å². The van der Waals surface area contributed by atoms with Crippen LogP contribution < -0.4 is 21.1 Å². The second-order valence-corrected chi connectivity index (χ2v) is 8.19. The molecule has 0 radical (unpaired) electrons. The molecular formula is C26H29N5O2. The van der Waals surface area contributed by atoms with Gasteiger partial charge in [0.15, 0.2) is 0 Å². The number of anilines is 2. The number of nitrogens with zero attached hydrogens (tertiary/aromatic N) is 2. The lowest BCUT2D eigenvalue weighted by atomic mass is 9.91. The number of hydrogen-bond donors (Lipinski definition) is 3. The number of nitrogen functional groups attached to an aromatic ring is 1. The molecule has 170 valence electrons. The molecule has 4 N–H and O–H groups in total. The van der Waals surface area contributed by atoms with Gasteiger partial charge in [0.05, 0.1) is 5.56 Å². The molecule has 4 rings (SSSR count). The first-order chi connectivity index (χ1) is 16.1. The van der Waals surface area contributed by atoms with Gasteiger partial charge in [-0.15, -0.1) is 0 Å². The maximum absolute atomic E-state index is 11.5. The van der Waals surface area contributed by atoms with Crippen molar-refractivity contribution < 1.29 is 9.53 Å². The fraction of sp³-hybridized carbons (Fsp3) is 0.269. The highest BCUT2D eigenvalue weighted by molar-refractivity contribution is 5.87. The number of carbonyl (C=O) groups is 1. The van der Waals surface area contributed by atoms with E-state index in [9.17, 15) is 4.79 Å². The molecule has 33 heavy (non-hydrogen) atoms. The number of carbonyl (C=O) groups excluding carboxylic acids is 1. The molecule has 0 saturated heterocycles. The van der Waals surface area contributed by atoms with E-state index in [2.05, 4.69) is 27.2 Å². The van der Waals surface area contributed by atoms with Crippen LogP contribution in [0.3, 0.4) is 0 Å². The summed E-state index contributed by atoms with van der Waals surface area (Å²) >= 11 is 0. The first-order valence-electron chi connectivity index (χ1n) is 11.2. The summed E-state index contributed by atoms with van der Waals surface area (Å²) in [7, 11) is 0. The van der Waals surface area contributed by atoms with Gasteiger partial charge in [-0.25, -0.2) is 9.97 Å².